The van der Waals surface area contributed by atoms with Gasteiger partial charge in [-0.2, -0.15) is 5.26 Å². The van der Waals surface area contributed by atoms with Crippen LogP contribution >= 0.6 is 0 Å². The molecule has 0 aromatic heterocycles. The van der Waals surface area contributed by atoms with E-state index in [-0.39, 0.29) is 5.56 Å². The second kappa shape index (κ2) is 5.59. The van der Waals surface area contributed by atoms with Gasteiger partial charge in [0.2, 0.25) is 0 Å². The van der Waals surface area contributed by atoms with Crippen LogP contribution in [0.15, 0.2) is 48.5 Å². The predicted molar refractivity (Wildman–Crippen MR) is 66.6 cm³/mol. The predicted octanol–water partition coefficient (Wildman–Crippen LogP) is 3.58. The molecule has 0 saturated heterocycles. The third-order valence-corrected chi connectivity index (χ3v) is 2.86. The first-order valence-electron chi connectivity index (χ1n) is 5.68. The molecule has 0 amide bonds. The Bertz CT molecular complexity index is 585. The summed E-state index contributed by atoms with van der Waals surface area (Å²) in [7, 11) is 0. The summed E-state index contributed by atoms with van der Waals surface area (Å²) in [4.78, 5) is 0. The van der Waals surface area contributed by atoms with E-state index in [0.29, 0.717) is 16.7 Å². The van der Waals surface area contributed by atoms with Crippen LogP contribution in [0, 0.1) is 11.3 Å². The topological polar surface area (TPSA) is 44.0 Å². The Hall–Kier alpha value is -2.25. The van der Waals surface area contributed by atoms with Crippen molar-refractivity contribution in [1.82, 2.24) is 0 Å². The zero-order chi connectivity index (χ0) is 13.8. The van der Waals surface area contributed by atoms with E-state index in [1.165, 1.54) is 24.3 Å². The van der Waals surface area contributed by atoms with Crippen LogP contribution in [-0.4, -0.2) is 5.11 Å². The minimum absolute atomic E-state index is 0.0734. The minimum atomic E-state index is -2.51. The molecule has 0 saturated carbocycles. The average Bonchev–Trinajstić information content (AvgIpc) is 2.46. The van der Waals surface area contributed by atoms with Gasteiger partial charge in [-0.3, -0.25) is 0 Å². The van der Waals surface area contributed by atoms with Crippen LogP contribution in [0.2, 0.25) is 0 Å². The Kier molecular flexibility index (Phi) is 3.88. The number of nitrogens with zero attached hydrogens (tertiary/aromatic N) is 1. The molecular weight excluding hydrogens is 248 g/mol. The quantitative estimate of drug-likeness (QED) is 0.915. The number of rotatable bonds is 3. The second-order valence-electron chi connectivity index (χ2n) is 4.10. The molecule has 0 aliphatic rings. The number of alkyl halides is 2. The largest absolute Gasteiger partial charge is 0.384 e. The number of halogens is 2. The highest BCUT2D eigenvalue weighted by Gasteiger charge is 2.12. The van der Waals surface area contributed by atoms with Crippen molar-refractivity contribution in [3.63, 3.8) is 0 Å². The molecule has 2 nitrogen and oxygen atoms in total. The number of benzene rings is 2. The molecule has 2 aromatic carbocycles. The first-order valence-corrected chi connectivity index (χ1v) is 5.68. The summed E-state index contributed by atoms with van der Waals surface area (Å²) >= 11 is 0. The van der Waals surface area contributed by atoms with Gasteiger partial charge in [-0.25, -0.2) is 8.78 Å². The van der Waals surface area contributed by atoms with Gasteiger partial charge in [0.15, 0.2) is 0 Å². The minimum Gasteiger partial charge on any atom is -0.384 e. The number of nitriles is 1. The lowest BCUT2D eigenvalue weighted by Crippen LogP contribution is -2.00. The van der Waals surface area contributed by atoms with Crippen LogP contribution in [0.4, 0.5) is 8.78 Å². The van der Waals surface area contributed by atoms with E-state index in [4.69, 9.17) is 5.26 Å². The Balaban J connectivity index is 2.23. The van der Waals surface area contributed by atoms with Gasteiger partial charge in [0, 0.05) is 5.56 Å². The average molecular weight is 259 g/mol. The molecule has 0 fully saturated rings. The highest BCUT2D eigenvalue weighted by atomic mass is 19.3. The number of aliphatic hydroxyl groups excluding tert-OH is 1. The van der Waals surface area contributed by atoms with Gasteiger partial charge in [-0.15, -0.1) is 0 Å². The van der Waals surface area contributed by atoms with E-state index in [9.17, 15) is 13.9 Å². The summed E-state index contributed by atoms with van der Waals surface area (Å²) in [6.45, 7) is 0. The molecule has 0 spiro atoms. The zero-order valence-corrected chi connectivity index (χ0v) is 9.92. The van der Waals surface area contributed by atoms with Crippen molar-refractivity contribution in [2.24, 2.45) is 0 Å². The highest BCUT2D eigenvalue weighted by molar-refractivity contribution is 5.36. The molecule has 2 aromatic rings. The first kappa shape index (κ1) is 13.2. The van der Waals surface area contributed by atoms with E-state index in [2.05, 4.69) is 0 Å². The van der Waals surface area contributed by atoms with Gasteiger partial charge in [0.1, 0.15) is 6.10 Å². The van der Waals surface area contributed by atoms with E-state index in [1.54, 1.807) is 24.3 Å². The van der Waals surface area contributed by atoms with Crippen molar-refractivity contribution in [2.45, 2.75) is 12.5 Å². The number of aliphatic hydroxyl groups is 1. The van der Waals surface area contributed by atoms with Crippen molar-refractivity contribution in [2.75, 3.05) is 0 Å². The van der Waals surface area contributed by atoms with Gasteiger partial charge < -0.3 is 5.11 Å². The fourth-order valence-corrected chi connectivity index (χ4v) is 1.76. The van der Waals surface area contributed by atoms with Gasteiger partial charge in [-0.05, 0) is 23.3 Å². The van der Waals surface area contributed by atoms with Gasteiger partial charge in [0.05, 0.1) is 11.6 Å². The van der Waals surface area contributed by atoms with E-state index in [0.717, 1.165) is 0 Å². The van der Waals surface area contributed by atoms with Crippen LogP contribution in [0.3, 0.4) is 0 Å². The van der Waals surface area contributed by atoms with Crippen LogP contribution in [0.25, 0.3) is 0 Å². The van der Waals surface area contributed by atoms with Crippen molar-refractivity contribution in [1.29, 1.82) is 5.26 Å². The molecule has 4 heteroatoms. The number of hydrogen-bond acceptors (Lipinski definition) is 2. The van der Waals surface area contributed by atoms with E-state index in [1.807, 2.05) is 6.07 Å². The highest BCUT2D eigenvalue weighted by Crippen LogP contribution is 2.25. The molecule has 0 aliphatic heterocycles. The Morgan fingerprint density at radius 1 is 0.842 bits per heavy atom. The Morgan fingerprint density at radius 3 is 1.68 bits per heavy atom. The van der Waals surface area contributed by atoms with Crippen LogP contribution < -0.4 is 0 Å². The van der Waals surface area contributed by atoms with Crippen LogP contribution in [-0.2, 0) is 0 Å². The standard InChI is InChI=1S/C15H11F2NO/c16-15(17)13-7-5-12(6-8-13)14(19)11-3-1-10(9-18)2-4-11/h1-8,14-15,19H/t14-/m0/s1. The summed E-state index contributed by atoms with van der Waals surface area (Å²) in [5, 5.41) is 18.8. The molecule has 96 valence electrons. The lowest BCUT2D eigenvalue weighted by atomic mass is 9.99. The molecule has 0 unspecified atom stereocenters. The van der Waals surface area contributed by atoms with Gasteiger partial charge in [-0.1, -0.05) is 36.4 Å². The molecule has 0 radical (unpaired) electrons. The lowest BCUT2D eigenvalue weighted by molar-refractivity contribution is 0.151. The second-order valence-corrected chi connectivity index (χ2v) is 4.10. The maximum atomic E-state index is 12.4. The summed E-state index contributed by atoms with van der Waals surface area (Å²) in [6.07, 6.45) is -3.40. The van der Waals surface area contributed by atoms with E-state index >= 15 is 0 Å². The maximum Gasteiger partial charge on any atom is 0.263 e. The van der Waals surface area contributed by atoms with Gasteiger partial charge in [0.25, 0.3) is 6.43 Å². The third kappa shape index (κ3) is 2.95. The molecule has 2 rings (SSSR count). The summed E-state index contributed by atoms with van der Waals surface area (Å²) < 4.78 is 24.8. The summed E-state index contributed by atoms with van der Waals surface area (Å²) in [6, 6.07) is 14.0. The summed E-state index contributed by atoms with van der Waals surface area (Å²) in [5.74, 6) is 0. The summed E-state index contributed by atoms with van der Waals surface area (Å²) in [5.41, 5.74) is 1.58. The number of hydrogen-bond donors (Lipinski definition) is 1. The fourth-order valence-electron chi connectivity index (χ4n) is 1.76. The monoisotopic (exact) mass is 259 g/mol. The molecule has 1 atom stereocenters. The normalized spacial score (nSPS) is 12.2. The van der Waals surface area contributed by atoms with Crippen molar-refractivity contribution < 1.29 is 13.9 Å². The Labute approximate surface area is 109 Å². The molecule has 0 heterocycles. The SMILES string of the molecule is N#Cc1ccc([C@H](O)c2ccc(C(F)F)cc2)cc1. The zero-order valence-electron chi connectivity index (χ0n) is 9.92. The molecule has 19 heavy (non-hydrogen) atoms. The third-order valence-electron chi connectivity index (χ3n) is 2.86. The van der Waals surface area contributed by atoms with Crippen molar-refractivity contribution >= 4 is 0 Å². The fraction of sp³-hybridized carbons (Fsp3) is 0.133. The first-order chi connectivity index (χ1) is 9.11. The molecule has 1 N–H and O–H groups in total. The maximum absolute atomic E-state index is 12.4. The van der Waals surface area contributed by atoms with Crippen molar-refractivity contribution in [3.05, 3.63) is 70.8 Å². The smallest absolute Gasteiger partial charge is 0.263 e. The molecule has 0 bridgehead atoms. The van der Waals surface area contributed by atoms with Crippen LogP contribution in [0.1, 0.15) is 34.8 Å². The van der Waals surface area contributed by atoms with Crippen LogP contribution in [0.5, 0.6) is 0 Å². The van der Waals surface area contributed by atoms with Gasteiger partial charge >= 0.3 is 0 Å². The molecular formula is C15H11F2NO. The molecule has 0 aliphatic carbocycles. The Morgan fingerprint density at radius 2 is 1.26 bits per heavy atom. The lowest BCUT2D eigenvalue weighted by Gasteiger charge is -2.12. The van der Waals surface area contributed by atoms with E-state index < -0.39 is 12.5 Å². The van der Waals surface area contributed by atoms with Crippen molar-refractivity contribution in [3.8, 4) is 6.07 Å².